The molecule has 1 aromatic heterocycles. The third-order valence-corrected chi connectivity index (χ3v) is 5.42. The van der Waals surface area contributed by atoms with Gasteiger partial charge < -0.3 is 0 Å². The quantitative estimate of drug-likeness (QED) is 0.602. The predicted octanol–water partition coefficient (Wildman–Crippen LogP) is 3.72. The molecule has 0 radical (unpaired) electrons. The summed E-state index contributed by atoms with van der Waals surface area (Å²) in [6.07, 6.45) is 0. The summed E-state index contributed by atoms with van der Waals surface area (Å²) in [5.41, 5.74) is 4.76. The van der Waals surface area contributed by atoms with Crippen molar-refractivity contribution in [2.75, 3.05) is 5.75 Å². The summed E-state index contributed by atoms with van der Waals surface area (Å²) < 4.78 is 0.704. The number of hydrogen-bond acceptors (Lipinski definition) is 4. The molecule has 0 atom stereocenters. The van der Waals surface area contributed by atoms with Gasteiger partial charge in [0.1, 0.15) is 4.88 Å². The van der Waals surface area contributed by atoms with Crippen LogP contribution in [0.5, 0.6) is 0 Å². The maximum absolute atomic E-state index is 11.8. The zero-order chi connectivity index (χ0) is 15.2. The van der Waals surface area contributed by atoms with Gasteiger partial charge in [0.2, 0.25) is 5.91 Å². The number of hydrogen-bond donors (Lipinski definition) is 2. The maximum atomic E-state index is 11.8. The number of carbonyl (C=O) groups is 2. The van der Waals surface area contributed by atoms with Crippen LogP contribution >= 0.6 is 50.6 Å². The Morgan fingerprint density at radius 1 is 1.19 bits per heavy atom. The van der Waals surface area contributed by atoms with E-state index < -0.39 is 0 Å². The summed E-state index contributed by atoms with van der Waals surface area (Å²) in [6.45, 7) is 0. The normalized spacial score (nSPS) is 10.2. The van der Waals surface area contributed by atoms with Crippen LogP contribution in [0.3, 0.4) is 0 Å². The molecule has 1 heterocycles. The number of benzene rings is 1. The minimum absolute atomic E-state index is 0.202. The van der Waals surface area contributed by atoms with Gasteiger partial charge in [0.15, 0.2) is 0 Å². The molecule has 2 rings (SSSR count). The maximum Gasteiger partial charge on any atom is 0.280 e. The second-order valence-electron chi connectivity index (χ2n) is 3.84. The van der Waals surface area contributed by atoms with E-state index in [4.69, 9.17) is 11.6 Å². The van der Waals surface area contributed by atoms with E-state index in [9.17, 15) is 9.59 Å². The molecule has 0 unspecified atom stereocenters. The highest BCUT2D eigenvalue weighted by Crippen LogP contribution is 2.22. The second-order valence-corrected chi connectivity index (χ2v) is 7.10. The molecule has 0 bridgehead atoms. The molecule has 0 aliphatic heterocycles. The minimum Gasteiger partial charge on any atom is -0.272 e. The molecule has 2 N–H and O–H groups in total. The smallest absolute Gasteiger partial charge is 0.272 e. The molecule has 0 fully saturated rings. The van der Waals surface area contributed by atoms with Gasteiger partial charge in [-0.15, -0.1) is 23.1 Å². The van der Waals surface area contributed by atoms with E-state index in [1.807, 2.05) is 12.1 Å². The molecule has 8 heteroatoms. The number of halogens is 2. The molecule has 0 aliphatic rings. The van der Waals surface area contributed by atoms with Crippen LogP contribution < -0.4 is 10.9 Å². The monoisotopic (exact) mass is 404 g/mol. The summed E-state index contributed by atoms with van der Waals surface area (Å²) >= 11 is 11.7. The molecule has 4 nitrogen and oxygen atoms in total. The number of thioether (sulfide) groups is 1. The van der Waals surface area contributed by atoms with Crippen LogP contribution in [-0.4, -0.2) is 17.6 Å². The highest BCUT2D eigenvalue weighted by molar-refractivity contribution is 9.10. The third kappa shape index (κ3) is 5.03. The Kier molecular flexibility index (Phi) is 6.10. The zero-order valence-corrected chi connectivity index (χ0v) is 14.5. The summed E-state index contributed by atoms with van der Waals surface area (Å²) in [5, 5.41) is 2.44. The first-order valence-corrected chi connectivity index (χ1v) is 8.80. The van der Waals surface area contributed by atoms with E-state index in [1.54, 1.807) is 23.6 Å². The minimum atomic E-state index is -0.346. The fraction of sp³-hybridized carbons (Fsp3) is 0.0769. The van der Waals surface area contributed by atoms with Crippen molar-refractivity contribution < 1.29 is 9.59 Å². The SMILES string of the molecule is O=C(CSc1ccc(Cl)cc1)NNC(=O)c1sccc1Br. The fourth-order valence-corrected chi connectivity index (χ4v) is 3.63. The molecule has 0 aliphatic carbocycles. The molecule has 0 spiro atoms. The summed E-state index contributed by atoms with van der Waals surface area (Å²) in [7, 11) is 0. The Morgan fingerprint density at radius 2 is 1.90 bits per heavy atom. The van der Waals surface area contributed by atoms with Crippen LogP contribution in [0.15, 0.2) is 45.1 Å². The number of carbonyl (C=O) groups excluding carboxylic acids is 2. The van der Waals surface area contributed by atoms with Crippen LogP contribution in [0.4, 0.5) is 0 Å². The average molecular weight is 406 g/mol. The molecule has 110 valence electrons. The van der Waals surface area contributed by atoms with E-state index in [2.05, 4.69) is 26.8 Å². The zero-order valence-electron chi connectivity index (χ0n) is 10.6. The molecule has 2 amide bonds. The number of hydrazine groups is 1. The van der Waals surface area contributed by atoms with Crippen molar-refractivity contribution in [3.63, 3.8) is 0 Å². The van der Waals surface area contributed by atoms with Crippen LogP contribution in [0.25, 0.3) is 0 Å². The summed E-state index contributed by atoms with van der Waals surface area (Å²) in [5.74, 6) is -0.425. The van der Waals surface area contributed by atoms with Crippen molar-refractivity contribution in [3.8, 4) is 0 Å². The lowest BCUT2D eigenvalue weighted by Gasteiger charge is -2.06. The molecule has 0 saturated heterocycles. The van der Waals surface area contributed by atoms with Gasteiger partial charge >= 0.3 is 0 Å². The Balaban J connectivity index is 1.76. The lowest BCUT2D eigenvalue weighted by atomic mass is 10.4. The number of nitrogens with one attached hydrogen (secondary N) is 2. The Labute approximate surface area is 143 Å². The number of amides is 2. The van der Waals surface area contributed by atoms with Crippen molar-refractivity contribution in [1.29, 1.82) is 0 Å². The lowest BCUT2D eigenvalue weighted by molar-refractivity contribution is -0.119. The van der Waals surface area contributed by atoms with Gasteiger partial charge in [-0.1, -0.05) is 11.6 Å². The predicted molar refractivity (Wildman–Crippen MR) is 89.8 cm³/mol. The summed E-state index contributed by atoms with van der Waals surface area (Å²) in [6, 6.07) is 8.97. The van der Waals surface area contributed by atoms with Crippen LogP contribution in [0, 0.1) is 0 Å². The average Bonchev–Trinajstić information content (AvgIpc) is 2.90. The first kappa shape index (κ1) is 16.4. The van der Waals surface area contributed by atoms with Gasteiger partial charge in [-0.2, -0.15) is 0 Å². The van der Waals surface area contributed by atoms with Gasteiger partial charge in [-0.3, -0.25) is 20.4 Å². The first-order valence-electron chi connectivity index (χ1n) is 5.77. The molecule has 0 saturated carbocycles. The van der Waals surface area contributed by atoms with Crippen molar-refractivity contribution in [2.24, 2.45) is 0 Å². The molecular formula is C13H10BrClN2O2S2. The Bertz CT molecular complexity index is 646. The second kappa shape index (κ2) is 7.84. The topological polar surface area (TPSA) is 58.2 Å². The number of rotatable bonds is 4. The first-order chi connectivity index (χ1) is 10.1. The fourth-order valence-electron chi connectivity index (χ4n) is 1.35. The van der Waals surface area contributed by atoms with Crippen molar-refractivity contribution >= 4 is 62.4 Å². The van der Waals surface area contributed by atoms with E-state index in [0.717, 1.165) is 4.90 Å². The van der Waals surface area contributed by atoms with Crippen molar-refractivity contribution in [1.82, 2.24) is 10.9 Å². The molecular weight excluding hydrogens is 396 g/mol. The van der Waals surface area contributed by atoms with E-state index in [-0.39, 0.29) is 17.6 Å². The lowest BCUT2D eigenvalue weighted by Crippen LogP contribution is -2.42. The number of thiophene rings is 1. The van der Waals surface area contributed by atoms with Crippen LogP contribution in [0.1, 0.15) is 9.67 Å². The molecule has 2 aromatic rings. The van der Waals surface area contributed by atoms with Crippen molar-refractivity contribution in [2.45, 2.75) is 4.90 Å². The van der Waals surface area contributed by atoms with E-state index >= 15 is 0 Å². The summed E-state index contributed by atoms with van der Waals surface area (Å²) in [4.78, 5) is 24.9. The van der Waals surface area contributed by atoms with E-state index in [0.29, 0.717) is 14.4 Å². The van der Waals surface area contributed by atoms with Crippen LogP contribution in [-0.2, 0) is 4.79 Å². The molecule has 21 heavy (non-hydrogen) atoms. The van der Waals surface area contributed by atoms with Gasteiger partial charge in [-0.25, -0.2) is 0 Å². The van der Waals surface area contributed by atoms with Gasteiger partial charge in [-0.05, 0) is 51.6 Å². The largest absolute Gasteiger partial charge is 0.280 e. The van der Waals surface area contributed by atoms with Gasteiger partial charge in [0, 0.05) is 14.4 Å². The van der Waals surface area contributed by atoms with Crippen molar-refractivity contribution in [3.05, 3.63) is 50.1 Å². The highest BCUT2D eigenvalue weighted by Gasteiger charge is 2.12. The highest BCUT2D eigenvalue weighted by atomic mass is 79.9. The van der Waals surface area contributed by atoms with E-state index in [1.165, 1.54) is 23.1 Å². The van der Waals surface area contributed by atoms with Gasteiger partial charge in [0.05, 0.1) is 5.75 Å². The Hall–Kier alpha value is -1.02. The standard InChI is InChI=1S/C13H10BrClN2O2S2/c14-10-5-6-20-12(10)13(19)17-16-11(18)7-21-9-3-1-8(15)2-4-9/h1-6H,7H2,(H,16,18)(H,17,19). The Morgan fingerprint density at radius 3 is 2.52 bits per heavy atom. The third-order valence-electron chi connectivity index (χ3n) is 2.32. The van der Waals surface area contributed by atoms with Gasteiger partial charge in [0.25, 0.3) is 5.91 Å². The van der Waals surface area contributed by atoms with Crippen LogP contribution in [0.2, 0.25) is 5.02 Å². The molecule has 1 aromatic carbocycles.